The van der Waals surface area contributed by atoms with Crippen LogP contribution in [0.4, 0.5) is 5.69 Å². The third kappa shape index (κ3) is 5.91. The topological polar surface area (TPSA) is 92.5 Å². The molecule has 1 heterocycles. The van der Waals surface area contributed by atoms with E-state index in [0.29, 0.717) is 67.6 Å². The molecule has 1 aromatic heterocycles. The van der Waals surface area contributed by atoms with Crippen LogP contribution >= 0.6 is 23.2 Å². The van der Waals surface area contributed by atoms with Crippen LogP contribution in [0.25, 0.3) is 33.7 Å². The van der Waals surface area contributed by atoms with Crippen molar-refractivity contribution in [3.05, 3.63) is 106 Å². The van der Waals surface area contributed by atoms with Crippen molar-refractivity contribution in [2.75, 3.05) is 19.4 Å². The number of benzene rings is 3. The zero-order valence-electron chi connectivity index (χ0n) is 22.0. The van der Waals surface area contributed by atoms with E-state index in [9.17, 15) is 14.4 Å². The summed E-state index contributed by atoms with van der Waals surface area (Å²) in [6.45, 7) is 5.63. The number of hydrogen-bond donors (Lipinski definition) is 1. The predicted molar refractivity (Wildman–Crippen MR) is 160 cm³/mol. The molecule has 1 N–H and O–H groups in total. The van der Waals surface area contributed by atoms with Crippen molar-refractivity contribution in [2.45, 2.75) is 6.92 Å². The fourth-order valence-electron chi connectivity index (χ4n) is 4.17. The minimum atomic E-state index is -0.607. The lowest BCUT2D eigenvalue weighted by Gasteiger charge is -2.14. The van der Waals surface area contributed by atoms with Gasteiger partial charge in [-0.1, -0.05) is 60.1 Å². The molecule has 0 unspecified atom stereocenters. The molecule has 0 saturated carbocycles. The van der Waals surface area contributed by atoms with Crippen molar-refractivity contribution in [3.63, 3.8) is 0 Å². The first-order valence-electron chi connectivity index (χ1n) is 12.1. The number of carbonyl (C=O) groups is 3. The number of nitrogens with zero attached hydrogens (tertiary/aromatic N) is 2. The summed E-state index contributed by atoms with van der Waals surface area (Å²) in [7, 11) is 3.65. The summed E-state index contributed by atoms with van der Waals surface area (Å²) in [6, 6.07) is 14.0. The zero-order chi connectivity index (χ0) is 29.0. The smallest absolute Gasteiger partial charge is 0.259 e. The Bertz CT molecular complexity index is 1720. The van der Waals surface area contributed by atoms with E-state index in [4.69, 9.17) is 27.6 Å². The minimum Gasteiger partial charge on any atom is -0.434 e. The van der Waals surface area contributed by atoms with Crippen molar-refractivity contribution in [2.24, 2.45) is 0 Å². The van der Waals surface area contributed by atoms with Crippen molar-refractivity contribution in [3.8, 4) is 22.6 Å². The Balaban J connectivity index is 1.71. The van der Waals surface area contributed by atoms with Gasteiger partial charge < -0.3 is 14.6 Å². The van der Waals surface area contributed by atoms with Crippen LogP contribution in [0.2, 0.25) is 10.0 Å². The van der Waals surface area contributed by atoms with Crippen LogP contribution in [0, 0.1) is 6.92 Å². The van der Waals surface area contributed by atoms with Crippen LogP contribution in [0.15, 0.2) is 89.0 Å². The molecule has 7 nitrogen and oxygen atoms in total. The number of halogens is 2. The molecular formula is C31H25Cl2N3O4. The SMILES string of the molecule is C=CC(=C/N(C)C)/C=C(\C=O)C(=O)Nc1cccc(-c2cccc(-c3nc4cc(C=O)cc(Cl)c4o3)c2C)c1Cl. The fraction of sp³-hybridized carbons (Fsp3) is 0.0968. The second-order valence-electron chi connectivity index (χ2n) is 9.10. The second-order valence-corrected chi connectivity index (χ2v) is 9.89. The molecule has 0 aliphatic rings. The second kappa shape index (κ2) is 12.2. The maximum Gasteiger partial charge on any atom is 0.259 e. The Labute approximate surface area is 241 Å². The summed E-state index contributed by atoms with van der Waals surface area (Å²) in [5.41, 5.74) is 5.08. The molecule has 0 saturated heterocycles. The standard InChI is InChI=1S/C31H25Cl2N3O4/c1-5-19(15-36(3)4)12-21(17-38)30(39)34-26-11-7-10-24(28(26)33)22-8-6-9-23(18(22)2)31-35-27-14-20(16-37)13-25(32)29(27)40-31/h5-17H,1H2,2-4H3,(H,34,39)/b19-15-,21-12+. The van der Waals surface area contributed by atoms with E-state index >= 15 is 0 Å². The van der Waals surface area contributed by atoms with Gasteiger partial charge in [0.15, 0.2) is 11.9 Å². The molecule has 0 bridgehead atoms. The number of aromatic nitrogens is 1. The first-order valence-corrected chi connectivity index (χ1v) is 12.9. The molecule has 0 atom stereocenters. The van der Waals surface area contributed by atoms with Crippen LogP contribution in [-0.4, -0.2) is 42.5 Å². The normalized spacial score (nSPS) is 11.8. The van der Waals surface area contributed by atoms with Gasteiger partial charge in [-0.2, -0.15) is 0 Å². The van der Waals surface area contributed by atoms with E-state index in [-0.39, 0.29) is 5.57 Å². The van der Waals surface area contributed by atoms with Crippen LogP contribution in [0.3, 0.4) is 0 Å². The van der Waals surface area contributed by atoms with E-state index in [1.54, 1.807) is 35.4 Å². The van der Waals surface area contributed by atoms with E-state index in [1.807, 2.05) is 45.3 Å². The summed E-state index contributed by atoms with van der Waals surface area (Å²) < 4.78 is 5.96. The molecule has 0 radical (unpaired) electrons. The molecule has 4 aromatic rings. The summed E-state index contributed by atoms with van der Waals surface area (Å²) in [5, 5.41) is 3.32. The van der Waals surface area contributed by atoms with Gasteiger partial charge in [0.1, 0.15) is 11.8 Å². The number of carbonyl (C=O) groups excluding carboxylic acids is 3. The van der Waals surface area contributed by atoms with Gasteiger partial charge in [0.05, 0.1) is 21.3 Å². The number of allylic oxidation sites excluding steroid dienone is 3. The van der Waals surface area contributed by atoms with Gasteiger partial charge >= 0.3 is 0 Å². The number of nitrogens with one attached hydrogen (secondary N) is 1. The molecule has 9 heteroatoms. The van der Waals surface area contributed by atoms with E-state index in [0.717, 1.165) is 11.1 Å². The largest absolute Gasteiger partial charge is 0.434 e. The first-order chi connectivity index (χ1) is 19.2. The Kier molecular flexibility index (Phi) is 8.67. The maximum atomic E-state index is 12.9. The monoisotopic (exact) mass is 573 g/mol. The number of aldehydes is 2. The molecule has 3 aromatic carbocycles. The van der Waals surface area contributed by atoms with Crippen molar-refractivity contribution < 1.29 is 18.8 Å². The fourth-order valence-corrected chi connectivity index (χ4v) is 4.70. The molecule has 0 aliphatic carbocycles. The number of anilines is 1. The van der Waals surface area contributed by atoms with Gasteiger partial charge in [0.2, 0.25) is 5.89 Å². The third-order valence-electron chi connectivity index (χ3n) is 6.06. The highest BCUT2D eigenvalue weighted by Crippen LogP contribution is 2.39. The number of fused-ring (bicyclic) bond motifs is 1. The van der Waals surface area contributed by atoms with E-state index in [1.165, 1.54) is 12.1 Å². The Hall–Kier alpha value is -4.46. The number of amides is 1. The van der Waals surface area contributed by atoms with Gasteiger partial charge in [0, 0.05) is 37.0 Å². The lowest BCUT2D eigenvalue weighted by atomic mass is 9.96. The molecular weight excluding hydrogens is 549 g/mol. The average molecular weight is 574 g/mol. The van der Waals surface area contributed by atoms with Gasteiger partial charge in [-0.3, -0.25) is 14.4 Å². The summed E-state index contributed by atoms with van der Waals surface area (Å²) in [5.74, 6) is -0.270. The summed E-state index contributed by atoms with van der Waals surface area (Å²) >= 11 is 13.1. The minimum absolute atomic E-state index is 0.0833. The van der Waals surface area contributed by atoms with Crippen molar-refractivity contribution in [1.82, 2.24) is 9.88 Å². The highest BCUT2D eigenvalue weighted by atomic mass is 35.5. The van der Waals surface area contributed by atoms with Crippen LogP contribution < -0.4 is 5.32 Å². The summed E-state index contributed by atoms with van der Waals surface area (Å²) in [6.07, 6.45) is 5.92. The zero-order valence-corrected chi connectivity index (χ0v) is 23.5. The molecule has 202 valence electrons. The van der Waals surface area contributed by atoms with E-state index < -0.39 is 5.91 Å². The third-order valence-corrected chi connectivity index (χ3v) is 6.75. The van der Waals surface area contributed by atoms with Crippen molar-refractivity contribution in [1.29, 1.82) is 0 Å². The van der Waals surface area contributed by atoms with Crippen LogP contribution in [0.1, 0.15) is 15.9 Å². The van der Waals surface area contributed by atoms with Gasteiger partial charge in [-0.25, -0.2) is 4.98 Å². The lowest BCUT2D eigenvalue weighted by Crippen LogP contribution is -2.16. The van der Waals surface area contributed by atoms with Crippen LogP contribution in [-0.2, 0) is 9.59 Å². The Morgan fingerprint density at radius 1 is 1.05 bits per heavy atom. The molecule has 4 rings (SSSR count). The molecule has 0 fully saturated rings. The molecule has 0 aliphatic heterocycles. The Morgan fingerprint density at radius 3 is 2.42 bits per heavy atom. The van der Waals surface area contributed by atoms with Gasteiger partial charge in [-0.05, 0) is 54.0 Å². The Morgan fingerprint density at radius 2 is 1.75 bits per heavy atom. The van der Waals surface area contributed by atoms with E-state index in [2.05, 4.69) is 16.9 Å². The molecule has 1 amide bonds. The van der Waals surface area contributed by atoms with Crippen LogP contribution in [0.5, 0.6) is 0 Å². The van der Waals surface area contributed by atoms with Gasteiger partial charge in [-0.15, -0.1) is 0 Å². The van der Waals surface area contributed by atoms with Gasteiger partial charge in [0.25, 0.3) is 5.91 Å². The average Bonchev–Trinajstić information content (AvgIpc) is 3.36. The summed E-state index contributed by atoms with van der Waals surface area (Å²) in [4.78, 5) is 42.2. The maximum absolute atomic E-state index is 12.9. The lowest BCUT2D eigenvalue weighted by molar-refractivity contribution is -0.115. The molecule has 40 heavy (non-hydrogen) atoms. The molecule has 0 spiro atoms. The quantitative estimate of drug-likeness (QED) is 0.0743. The van der Waals surface area contributed by atoms with Crippen molar-refractivity contribution >= 4 is 58.5 Å². The number of rotatable bonds is 9. The highest BCUT2D eigenvalue weighted by Gasteiger charge is 2.19. The number of oxazole rings is 1. The predicted octanol–water partition coefficient (Wildman–Crippen LogP) is 7.28. The first kappa shape index (κ1) is 28.5. The highest BCUT2D eigenvalue weighted by molar-refractivity contribution is 6.37. The number of hydrogen-bond acceptors (Lipinski definition) is 6.